The molecule has 1 heterocycles. The third-order valence-corrected chi connectivity index (χ3v) is 6.30. The third-order valence-electron chi connectivity index (χ3n) is 3.74. The molecule has 0 bridgehead atoms. The van der Waals surface area contributed by atoms with Gasteiger partial charge in [0.15, 0.2) is 5.82 Å². The molecule has 2 rings (SSSR count). The normalized spacial score (nSPS) is 11.7. The third kappa shape index (κ3) is 5.93. The molecular weight excluding hydrogens is 413 g/mol. The number of nitrogens with zero attached hydrogens (tertiary/aromatic N) is 2. The van der Waals surface area contributed by atoms with Crippen molar-refractivity contribution in [3.05, 3.63) is 40.1 Å². The maximum atomic E-state index is 13.1. The molecule has 0 aliphatic heterocycles. The van der Waals surface area contributed by atoms with Crippen molar-refractivity contribution in [3.63, 3.8) is 0 Å². The highest BCUT2D eigenvalue weighted by Crippen LogP contribution is 2.28. The first-order chi connectivity index (χ1) is 12.7. The van der Waals surface area contributed by atoms with Gasteiger partial charge in [0.05, 0.1) is 11.6 Å². The standard InChI is InChI=1S/C17H21Cl2N3O4S/c1-3-4-5-8-22(11-17(23)20-16-9-12(2)26-21-16)27(24,25)15-10-13(18)6-7-14(15)19/h6-7,9-10H,3-5,8,11H2,1-2H3,(H,20,21,23). The zero-order valence-electron chi connectivity index (χ0n) is 15.0. The maximum Gasteiger partial charge on any atom is 0.245 e. The van der Waals surface area contributed by atoms with Crippen LogP contribution in [0.2, 0.25) is 10.0 Å². The van der Waals surface area contributed by atoms with Gasteiger partial charge in [-0.3, -0.25) is 4.79 Å². The van der Waals surface area contributed by atoms with E-state index < -0.39 is 15.9 Å². The van der Waals surface area contributed by atoms with Gasteiger partial charge in [-0.25, -0.2) is 8.42 Å². The van der Waals surface area contributed by atoms with Crippen molar-refractivity contribution in [1.82, 2.24) is 9.46 Å². The SMILES string of the molecule is CCCCCN(CC(=O)Nc1cc(C)on1)S(=O)(=O)c1cc(Cl)ccc1Cl. The van der Waals surface area contributed by atoms with Gasteiger partial charge >= 0.3 is 0 Å². The molecule has 0 aliphatic carbocycles. The average Bonchev–Trinajstić information content (AvgIpc) is 3.00. The topological polar surface area (TPSA) is 92.5 Å². The highest BCUT2D eigenvalue weighted by atomic mass is 35.5. The van der Waals surface area contributed by atoms with Crippen LogP contribution in [0.1, 0.15) is 31.9 Å². The van der Waals surface area contributed by atoms with E-state index in [0.717, 1.165) is 17.1 Å². The summed E-state index contributed by atoms with van der Waals surface area (Å²) < 4.78 is 32.1. The molecule has 0 saturated heterocycles. The Morgan fingerprint density at radius 3 is 2.63 bits per heavy atom. The number of carbonyl (C=O) groups is 1. The highest BCUT2D eigenvalue weighted by molar-refractivity contribution is 7.89. The fourth-order valence-corrected chi connectivity index (χ4v) is 4.58. The van der Waals surface area contributed by atoms with E-state index in [4.69, 9.17) is 27.7 Å². The molecule has 0 radical (unpaired) electrons. The van der Waals surface area contributed by atoms with Crippen LogP contribution in [0.25, 0.3) is 0 Å². The summed E-state index contributed by atoms with van der Waals surface area (Å²) >= 11 is 12.0. The number of hydrogen-bond acceptors (Lipinski definition) is 5. The van der Waals surface area contributed by atoms with Crippen LogP contribution in [0.5, 0.6) is 0 Å². The second-order valence-electron chi connectivity index (χ2n) is 5.99. The minimum Gasteiger partial charge on any atom is -0.360 e. The summed E-state index contributed by atoms with van der Waals surface area (Å²) in [5.41, 5.74) is 0. The first kappa shape index (κ1) is 21.7. The van der Waals surface area contributed by atoms with Gasteiger partial charge in [-0.2, -0.15) is 4.31 Å². The lowest BCUT2D eigenvalue weighted by Crippen LogP contribution is -2.38. The number of halogens is 2. The van der Waals surface area contributed by atoms with Crippen LogP contribution in [-0.2, 0) is 14.8 Å². The van der Waals surface area contributed by atoms with Crippen molar-refractivity contribution in [3.8, 4) is 0 Å². The highest BCUT2D eigenvalue weighted by Gasteiger charge is 2.28. The maximum absolute atomic E-state index is 13.1. The summed E-state index contributed by atoms with van der Waals surface area (Å²) in [7, 11) is -4.00. The fraction of sp³-hybridized carbons (Fsp3) is 0.412. The van der Waals surface area contributed by atoms with E-state index in [0.29, 0.717) is 12.2 Å². The Hall–Kier alpha value is -1.61. The van der Waals surface area contributed by atoms with Crippen molar-refractivity contribution in [2.45, 2.75) is 38.0 Å². The van der Waals surface area contributed by atoms with E-state index in [1.54, 1.807) is 13.0 Å². The largest absolute Gasteiger partial charge is 0.360 e. The van der Waals surface area contributed by atoms with Gasteiger partial charge < -0.3 is 9.84 Å². The molecule has 27 heavy (non-hydrogen) atoms. The lowest BCUT2D eigenvalue weighted by molar-refractivity contribution is -0.116. The number of aryl methyl sites for hydroxylation is 1. The summed E-state index contributed by atoms with van der Waals surface area (Å²) in [6.45, 7) is 3.50. The molecule has 1 aromatic heterocycles. The minimum atomic E-state index is -4.00. The van der Waals surface area contributed by atoms with Crippen LogP contribution in [0, 0.1) is 6.92 Å². The van der Waals surface area contributed by atoms with E-state index in [1.165, 1.54) is 18.2 Å². The lowest BCUT2D eigenvalue weighted by Gasteiger charge is -2.22. The van der Waals surface area contributed by atoms with E-state index in [2.05, 4.69) is 10.5 Å². The summed E-state index contributed by atoms with van der Waals surface area (Å²) in [6, 6.07) is 5.75. The van der Waals surface area contributed by atoms with E-state index >= 15 is 0 Å². The molecule has 0 saturated carbocycles. The molecule has 0 atom stereocenters. The van der Waals surface area contributed by atoms with Gasteiger partial charge in [0.25, 0.3) is 0 Å². The van der Waals surface area contributed by atoms with Gasteiger partial charge in [0, 0.05) is 17.6 Å². The van der Waals surface area contributed by atoms with Crippen molar-refractivity contribution in [2.24, 2.45) is 0 Å². The molecule has 1 N–H and O–H groups in total. The van der Waals surface area contributed by atoms with Crippen LogP contribution in [0.15, 0.2) is 33.7 Å². The van der Waals surface area contributed by atoms with Gasteiger partial charge in [-0.15, -0.1) is 0 Å². The van der Waals surface area contributed by atoms with E-state index in [9.17, 15) is 13.2 Å². The minimum absolute atomic E-state index is 0.0485. The number of nitrogens with one attached hydrogen (secondary N) is 1. The van der Waals surface area contributed by atoms with Crippen LogP contribution >= 0.6 is 23.2 Å². The van der Waals surface area contributed by atoms with Crippen LogP contribution in [-0.4, -0.2) is 36.9 Å². The van der Waals surface area contributed by atoms with Gasteiger partial charge in [-0.1, -0.05) is 48.1 Å². The van der Waals surface area contributed by atoms with Gasteiger partial charge in [0.2, 0.25) is 15.9 Å². The molecule has 0 spiro atoms. The number of anilines is 1. The van der Waals surface area contributed by atoms with Crippen LogP contribution in [0.3, 0.4) is 0 Å². The number of aromatic nitrogens is 1. The Morgan fingerprint density at radius 2 is 2.00 bits per heavy atom. The number of rotatable bonds is 9. The number of amides is 1. The lowest BCUT2D eigenvalue weighted by atomic mass is 10.2. The fourth-order valence-electron chi connectivity index (χ4n) is 2.40. The van der Waals surface area contributed by atoms with Crippen LogP contribution < -0.4 is 5.32 Å². The predicted molar refractivity (Wildman–Crippen MR) is 105 cm³/mol. The van der Waals surface area contributed by atoms with Crippen molar-refractivity contribution < 1.29 is 17.7 Å². The second kappa shape index (κ2) is 9.54. The monoisotopic (exact) mass is 433 g/mol. The number of unbranched alkanes of at least 4 members (excludes halogenated alkanes) is 2. The summed E-state index contributed by atoms with van der Waals surface area (Å²) in [4.78, 5) is 12.2. The molecule has 148 valence electrons. The second-order valence-corrected chi connectivity index (χ2v) is 8.74. The Balaban J connectivity index is 2.24. The summed E-state index contributed by atoms with van der Waals surface area (Å²) in [6.07, 6.45) is 2.36. The molecule has 0 fully saturated rings. The summed E-state index contributed by atoms with van der Waals surface area (Å²) in [5, 5.41) is 6.49. The molecule has 1 amide bonds. The molecule has 10 heteroatoms. The van der Waals surface area contributed by atoms with Gasteiger partial charge in [-0.05, 0) is 31.5 Å². The van der Waals surface area contributed by atoms with E-state index in [1.807, 2.05) is 6.92 Å². The van der Waals surface area contributed by atoms with Crippen molar-refractivity contribution in [1.29, 1.82) is 0 Å². The first-order valence-corrected chi connectivity index (χ1v) is 10.6. The average molecular weight is 434 g/mol. The smallest absolute Gasteiger partial charge is 0.245 e. The Bertz CT molecular complexity index is 899. The molecule has 0 aliphatic rings. The van der Waals surface area contributed by atoms with E-state index in [-0.39, 0.29) is 33.8 Å². The molecule has 7 nitrogen and oxygen atoms in total. The van der Waals surface area contributed by atoms with Crippen molar-refractivity contribution in [2.75, 3.05) is 18.4 Å². The molecular formula is C17H21Cl2N3O4S. The zero-order valence-corrected chi connectivity index (χ0v) is 17.4. The number of carbonyl (C=O) groups excluding carboxylic acids is 1. The number of hydrogen-bond donors (Lipinski definition) is 1. The Kier molecular flexibility index (Phi) is 7.67. The first-order valence-electron chi connectivity index (χ1n) is 8.42. The van der Waals surface area contributed by atoms with Crippen molar-refractivity contribution >= 4 is 45.0 Å². The molecule has 2 aromatic rings. The quantitative estimate of drug-likeness (QED) is 0.600. The number of benzene rings is 1. The Labute approximate surface area is 168 Å². The van der Waals surface area contributed by atoms with Gasteiger partial charge in [0.1, 0.15) is 10.7 Å². The number of sulfonamides is 1. The molecule has 0 unspecified atom stereocenters. The van der Waals surface area contributed by atoms with Crippen LogP contribution in [0.4, 0.5) is 5.82 Å². The Morgan fingerprint density at radius 1 is 1.26 bits per heavy atom. The predicted octanol–water partition coefficient (Wildman–Crippen LogP) is 4.11. The summed E-state index contributed by atoms with van der Waals surface area (Å²) in [5.74, 6) is 0.231. The molecule has 1 aromatic carbocycles. The zero-order chi connectivity index (χ0) is 20.0.